The van der Waals surface area contributed by atoms with Crippen molar-refractivity contribution in [3.8, 4) is 0 Å². The number of hydrogen-bond donors (Lipinski definition) is 1. The molecule has 0 aliphatic carbocycles. The molecule has 8 heteroatoms. The van der Waals surface area contributed by atoms with Crippen molar-refractivity contribution in [1.29, 1.82) is 0 Å². The molecule has 0 unspecified atom stereocenters. The van der Waals surface area contributed by atoms with Gasteiger partial charge in [0.05, 0.1) is 5.69 Å². The third-order valence-electron chi connectivity index (χ3n) is 5.22. The van der Waals surface area contributed by atoms with E-state index >= 15 is 0 Å². The van der Waals surface area contributed by atoms with Crippen molar-refractivity contribution >= 4 is 17.4 Å². The van der Waals surface area contributed by atoms with E-state index in [-0.39, 0.29) is 12.1 Å². The second kappa shape index (κ2) is 7.38. The number of aromatic nitrogens is 5. The first kappa shape index (κ1) is 17.5. The van der Waals surface area contributed by atoms with Crippen molar-refractivity contribution < 1.29 is 4.79 Å². The maximum atomic E-state index is 13.0. The van der Waals surface area contributed by atoms with Crippen LogP contribution in [0.15, 0.2) is 30.7 Å². The summed E-state index contributed by atoms with van der Waals surface area (Å²) in [4.78, 5) is 23.7. The molecule has 0 spiro atoms. The van der Waals surface area contributed by atoms with Crippen molar-refractivity contribution in [2.24, 2.45) is 0 Å². The minimum absolute atomic E-state index is 0.0594. The maximum absolute atomic E-state index is 13.0. The predicted molar refractivity (Wildman–Crippen MR) is 103 cm³/mol. The molecule has 0 saturated carbocycles. The third-order valence-corrected chi connectivity index (χ3v) is 5.22. The van der Waals surface area contributed by atoms with Gasteiger partial charge in [0.15, 0.2) is 5.65 Å². The standard InChI is InChI=1S/C19H25N7O/c1-14-21-18-17(7-5-11-26(18)23-14)22-19(27)25-10-4-3-6-16(25)8-12-24-13-9-20-15(24)2/h5,7,9,11,13,16H,3-4,6,8,10,12H2,1-2H3,(H,22,27)/t16-/m1/s1. The molecule has 0 radical (unpaired) electrons. The number of urea groups is 1. The lowest BCUT2D eigenvalue weighted by molar-refractivity contribution is 0.155. The maximum Gasteiger partial charge on any atom is 0.322 e. The van der Waals surface area contributed by atoms with Crippen LogP contribution in [-0.4, -0.2) is 47.7 Å². The minimum atomic E-state index is -0.0594. The summed E-state index contributed by atoms with van der Waals surface area (Å²) in [5.41, 5.74) is 1.36. The summed E-state index contributed by atoms with van der Waals surface area (Å²) < 4.78 is 3.84. The van der Waals surface area contributed by atoms with Crippen molar-refractivity contribution in [2.75, 3.05) is 11.9 Å². The summed E-state index contributed by atoms with van der Waals surface area (Å²) in [6, 6.07) is 3.91. The summed E-state index contributed by atoms with van der Waals surface area (Å²) in [5, 5.41) is 7.35. The highest BCUT2D eigenvalue weighted by atomic mass is 16.2. The van der Waals surface area contributed by atoms with Crippen LogP contribution in [0.5, 0.6) is 0 Å². The number of aryl methyl sites for hydroxylation is 3. The summed E-state index contributed by atoms with van der Waals surface area (Å²) in [6.45, 7) is 5.51. The molecular weight excluding hydrogens is 342 g/mol. The van der Waals surface area contributed by atoms with Crippen LogP contribution in [-0.2, 0) is 6.54 Å². The average Bonchev–Trinajstić information content (AvgIpc) is 3.25. The van der Waals surface area contributed by atoms with Crippen molar-refractivity contribution in [3.63, 3.8) is 0 Å². The number of carbonyl (C=O) groups is 1. The molecule has 0 bridgehead atoms. The molecule has 1 aliphatic heterocycles. The highest BCUT2D eigenvalue weighted by molar-refractivity contribution is 5.93. The Bertz CT molecular complexity index is 945. The lowest BCUT2D eigenvalue weighted by atomic mass is 9.99. The molecule has 2 amide bonds. The number of rotatable bonds is 4. The number of carbonyl (C=O) groups excluding carboxylic acids is 1. The summed E-state index contributed by atoms with van der Waals surface area (Å²) in [5.74, 6) is 1.69. The Kier molecular flexibility index (Phi) is 4.79. The van der Waals surface area contributed by atoms with Crippen LogP contribution in [0.4, 0.5) is 10.5 Å². The van der Waals surface area contributed by atoms with Crippen LogP contribution in [0, 0.1) is 13.8 Å². The number of anilines is 1. The van der Waals surface area contributed by atoms with E-state index in [1.807, 2.05) is 49.5 Å². The predicted octanol–water partition coefficient (Wildman–Crippen LogP) is 3.02. The Morgan fingerprint density at radius 2 is 2.19 bits per heavy atom. The van der Waals surface area contributed by atoms with E-state index in [1.54, 1.807) is 4.52 Å². The average molecular weight is 367 g/mol. The number of fused-ring (bicyclic) bond motifs is 1. The van der Waals surface area contributed by atoms with Gasteiger partial charge in [-0.25, -0.2) is 19.3 Å². The van der Waals surface area contributed by atoms with E-state index in [0.717, 1.165) is 44.6 Å². The zero-order valence-electron chi connectivity index (χ0n) is 15.8. The molecule has 0 aromatic carbocycles. The van der Waals surface area contributed by atoms with Gasteiger partial charge in [-0.05, 0) is 51.7 Å². The van der Waals surface area contributed by atoms with E-state index < -0.39 is 0 Å². The highest BCUT2D eigenvalue weighted by Gasteiger charge is 2.27. The van der Waals surface area contributed by atoms with Crippen molar-refractivity contribution in [2.45, 2.75) is 52.1 Å². The Morgan fingerprint density at radius 1 is 1.30 bits per heavy atom. The molecule has 4 rings (SSSR count). The Morgan fingerprint density at radius 3 is 3.00 bits per heavy atom. The summed E-state index contributed by atoms with van der Waals surface area (Å²) in [7, 11) is 0. The number of piperidine rings is 1. The molecular formula is C19H25N7O. The number of nitrogens with zero attached hydrogens (tertiary/aromatic N) is 6. The second-order valence-electron chi connectivity index (χ2n) is 7.08. The molecule has 1 saturated heterocycles. The van der Waals surface area contributed by atoms with Gasteiger partial charge in [-0.3, -0.25) is 0 Å². The van der Waals surface area contributed by atoms with Gasteiger partial charge in [0.2, 0.25) is 0 Å². The van der Waals surface area contributed by atoms with Crippen LogP contribution < -0.4 is 5.32 Å². The Labute approximate surface area is 158 Å². The zero-order chi connectivity index (χ0) is 18.8. The molecule has 3 aromatic heterocycles. The second-order valence-corrected chi connectivity index (χ2v) is 7.08. The van der Waals surface area contributed by atoms with E-state index in [1.165, 1.54) is 0 Å². The zero-order valence-corrected chi connectivity index (χ0v) is 15.8. The Hall–Kier alpha value is -2.90. The van der Waals surface area contributed by atoms with Gasteiger partial charge in [0.1, 0.15) is 11.6 Å². The molecule has 142 valence electrons. The molecule has 1 atom stereocenters. The molecule has 1 aliphatic rings. The van der Waals surface area contributed by atoms with E-state index in [0.29, 0.717) is 17.2 Å². The van der Waals surface area contributed by atoms with Crippen LogP contribution >= 0.6 is 0 Å². The molecule has 3 aromatic rings. The Balaban J connectivity index is 1.47. The van der Waals surface area contributed by atoms with E-state index in [2.05, 4.69) is 25.0 Å². The fraction of sp³-hybridized carbons (Fsp3) is 0.474. The lowest BCUT2D eigenvalue weighted by Gasteiger charge is -2.36. The third kappa shape index (κ3) is 3.65. The number of pyridine rings is 1. The lowest BCUT2D eigenvalue weighted by Crippen LogP contribution is -2.46. The quantitative estimate of drug-likeness (QED) is 0.769. The number of likely N-dealkylation sites (tertiary alicyclic amines) is 1. The number of hydrogen-bond acceptors (Lipinski definition) is 4. The van der Waals surface area contributed by atoms with Crippen molar-refractivity contribution in [3.05, 3.63) is 42.4 Å². The van der Waals surface area contributed by atoms with Crippen LogP contribution in [0.2, 0.25) is 0 Å². The summed E-state index contributed by atoms with van der Waals surface area (Å²) >= 11 is 0. The van der Waals surface area contributed by atoms with Gasteiger partial charge in [-0.1, -0.05) is 0 Å². The fourth-order valence-electron chi connectivity index (χ4n) is 3.79. The first-order valence-electron chi connectivity index (χ1n) is 9.49. The SMILES string of the molecule is Cc1nc2c(NC(=O)N3CCCC[C@@H]3CCn3ccnc3C)cccn2n1. The van der Waals surface area contributed by atoms with Crippen LogP contribution in [0.3, 0.4) is 0 Å². The number of amides is 2. The molecule has 27 heavy (non-hydrogen) atoms. The van der Waals surface area contributed by atoms with Crippen LogP contribution in [0.1, 0.15) is 37.3 Å². The summed E-state index contributed by atoms with van der Waals surface area (Å²) in [6.07, 6.45) is 9.83. The minimum Gasteiger partial charge on any atom is -0.335 e. The van der Waals surface area contributed by atoms with E-state index in [9.17, 15) is 4.79 Å². The number of imidazole rings is 1. The van der Waals surface area contributed by atoms with Gasteiger partial charge in [-0.2, -0.15) is 5.10 Å². The van der Waals surface area contributed by atoms with Crippen LogP contribution in [0.25, 0.3) is 5.65 Å². The molecule has 8 nitrogen and oxygen atoms in total. The fourth-order valence-corrected chi connectivity index (χ4v) is 3.79. The molecule has 1 N–H and O–H groups in total. The largest absolute Gasteiger partial charge is 0.335 e. The number of nitrogens with one attached hydrogen (secondary N) is 1. The monoisotopic (exact) mass is 367 g/mol. The normalized spacial score (nSPS) is 17.4. The molecule has 4 heterocycles. The molecule has 1 fully saturated rings. The van der Waals surface area contributed by atoms with Gasteiger partial charge in [0.25, 0.3) is 0 Å². The van der Waals surface area contributed by atoms with E-state index in [4.69, 9.17) is 0 Å². The first-order chi connectivity index (χ1) is 13.1. The smallest absolute Gasteiger partial charge is 0.322 e. The first-order valence-corrected chi connectivity index (χ1v) is 9.49. The van der Waals surface area contributed by atoms with Gasteiger partial charge >= 0.3 is 6.03 Å². The van der Waals surface area contributed by atoms with Gasteiger partial charge in [0, 0.05) is 37.7 Å². The topological polar surface area (TPSA) is 80.4 Å². The van der Waals surface area contributed by atoms with Crippen molar-refractivity contribution in [1.82, 2.24) is 29.0 Å². The van der Waals surface area contributed by atoms with Gasteiger partial charge in [-0.15, -0.1) is 0 Å². The highest BCUT2D eigenvalue weighted by Crippen LogP contribution is 2.23. The van der Waals surface area contributed by atoms with Gasteiger partial charge < -0.3 is 14.8 Å².